The van der Waals surface area contributed by atoms with Gasteiger partial charge in [0.15, 0.2) is 22.2 Å². The van der Waals surface area contributed by atoms with Gasteiger partial charge in [-0.05, 0) is 40.8 Å². The molecule has 1 aromatic heterocycles. The summed E-state index contributed by atoms with van der Waals surface area (Å²) >= 11 is 12.1. The summed E-state index contributed by atoms with van der Waals surface area (Å²) in [4.78, 5) is 23.4. The van der Waals surface area contributed by atoms with Crippen LogP contribution in [0.15, 0.2) is 40.9 Å². The van der Waals surface area contributed by atoms with Gasteiger partial charge in [0.25, 0.3) is 5.91 Å². The van der Waals surface area contributed by atoms with Crippen molar-refractivity contribution in [2.45, 2.75) is 6.54 Å². The van der Waals surface area contributed by atoms with Crippen molar-refractivity contribution in [3.05, 3.63) is 67.7 Å². The lowest BCUT2D eigenvalue weighted by Gasteiger charge is -2.10. The number of ether oxygens (including phenoxy) is 2. The maximum absolute atomic E-state index is 12.8. The summed E-state index contributed by atoms with van der Waals surface area (Å²) in [7, 11) is 3.00. The molecule has 0 unspecified atom stereocenters. The van der Waals surface area contributed by atoms with Crippen molar-refractivity contribution in [1.82, 2.24) is 10.5 Å². The minimum absolute atomic E-state index is 0.0648. The van der Waals surface area contributed by atoms with Crippen molar-refractivity contribution in [1.29, 1.82) is 0 Å². The number of nitrogens with one attached hydrogen (secondary N) is 1. The zero-order valence-corrected chi connectivity index (χ0v) is 17.3. The molecular weight excluding hydrogens is 437 g/mol. The lowest BCUT2D eigenvalue weighted by molar-refractivity contribution is -0.391. The lowest BCUT2D eigenvalue weighted by atomic mass is 10.1. The molecule has 11 heteroatoms. The fourth-order valence-electron chi connectivity index (χ4n) is 2.73. The summed E-state index contributed by atoms with van der Waals surface area (Å²) in [6.45, 7) is 0.0648. The van der Waals surface area contributed by atoms with E-state index >= 15 is 0 Å². The van der Waals surface area contributed by atoms with Gasteiger partial charge in [-0.3, -0.25) is 9.32 Å². The van der Waals surface area contributed by atoms with Gasteiger partial charge in [0.2, 0.25) is 5.76 Å². The standard InChI is InChI=1S/C19H15Cl2N3O6/c1-28-14-6-3-10(7-15(14)29-2)9-22-19(25)16-17(30-23-18(16)24(26)27)12-5-4-11(20)8-13(12)21/h3-8H,9H2,1-2H3,(H,22,25). The van der Waals surface area contributed by atoms with Crippen LogP contribution in [-0.2, 0) is 6.54 Å². The first-order valence-corrected chi connectivity index (χ1v) is 9.19. The van der Waals surface area contributed by atoms with Gasteiger partial charge in [0, 0.05) is 17.1 Å². The number of carbonyl (C=O) groups excluding carboxylic acids is 1. The third kappa shape index (κ3) is 4.32. The first-order valence-electron chi connectivity index (χ1n) is 8.44. The second-order valence-corrected chi connectivity index (χ2v) is 6.81. The van der Waals surface area contributed by atoms with Gasteiger partial charge in [-0.2, -0.15) is 0 Å². The molecule has 1 heterocycles. The first kappa shape index (κ1) is 21.4. The normalized spacial score (nSPS) is 10.5. The molecule has 30 heavy (non-hydrogen) atoms. The Kier molecular flexibility index (Phi) is 6.43. The number of amides is 1. The number of nitrogens with zero attached hydrogens (tertiary/aromatic N) is 2. The Hall–Kier alpha value is -3.30. The number of hydrogen-bond donors (Lipinski definition) is 1. The third-order valence-corrected chi connectivity index (χ3v) is 4.70. The average Bonchev–Trinajstić information content (AvgIpc) is 3.17. The van der Waals surface area contributed by atoms with Crippen LogP contribution in [-0.4, -0.2) is 30.2 Å². The molecular formula is C19H15Cl2N3O6. The van der Waals surface area contributed by atoms with Crippen LogP contribution in [0.1, 0.15) is 15.9 Å². The van der Waals surface area contributed by atoms with Crippen LogP contribution >= 0.6 is 23.2 Å². The zero-order valence-electron chi connectivity index (χ0n) is 15.8. The van der Waals surface area contributed by atoms with E-state index < -0.39 is 16.6 Å². The van der Waals surface area contributed by atoms with Gasteiger partial charge in [0.1, 0.15) is 0 Å². The molecule has 0 saturated heterocycles. The predicted molar refractivity (Wildman–Crippen MR) is 109 cm³/mol. The van der Waals surface area contributed by atoms with E-state index in [0.717, 1.165) is 0 Å². The topological polar surface area (TPSA) is 117 Å². The Balaban J connectivity index is 1.92. The average molecular weight is 452 g/mol. The zero-order chi connectivity index (χ0) is 21.8. The fourth-order valence-corrected chi connectivity index (χ4v) is 3.22. The largest absolute Gasteiger partial charge is 0.493 e. The second-order valence-electron chi connectivity index (χ2n) is 5.96. The molecule has 3 aromatic rings. The summed E-state index contributed by atoms with van der Waals surface area (Å²) in [6.07, 6.45) is 0. The summed E-state index contributed by atoms with van der Waals surface area (Å²) < 4.78 is 15.5. The Morgan fingerprint density at radius 2 is 1.90 bits per heavy atom. The molecule has 0 saturated carbocycles. The quantitative estimate of drug-likeness (QED) is 0.414. The summed E-state index contributed by atoms with van der Waals surface area (Å²) in [5.74, 6) is -0.594. The van der Waals surface area contributed by atoms with Crippen LogP contribution in [0.25, 0.3) is 11.3 Å². The van der Waals surface area contributed by atoms with Crippen molar-refractivity contribution in [2.75, 3.05) is 14.2 Å². The van der Waals surface area contributed by atoms with Crippen LogP contribution in [0.4, 0.5) is 5.82 Å². The molecule has 3 rings (SSSR count). The summed E-state index contributed by atoms with van der Waals surface area (Å²) in [5.41, 5.74) is 0.591. The van der Waals surface area contributed by atoms with Crippen LogP contribution in [0, 0.1) is 10.1 Å². The number of nitro groups is 1. The van der Waals surface area contributed by atoms with Crippen LogP contribution < -0.4 is 14.8 Å². The maximum atomic E-state index is 12.8. The maximum Gasteiger partial charge on any atom is 0.427 e. The molecule has 0 fully saturated rings. The van der Waals surface area contributed by atoms with Crippen LogP contribution in [0.2, 0.25) is 10.0 Å². The highest BCUT2D eigenvalue weighted by Gasteiger charge is 2.33. The Bertz CT molecular complexity index is 1120. The molecule has 1 N–H and O–H groups in total. The Morgan fingerprint density at radius 1 is 1.17 bits per heavy atom. The number of aromatic nitrogens is 1. The molecule has 0 atom stereocenters. The summed E-state index contributed by atoms with van der Waals surface area (Å²) in [6, 6.07) is 9.51. The molecule has 156 valence electrons. The number of hydrogen-bond acceptors (Lipinski definition) is 7. The van der Waals surface area contributed by atoms with E-state index in [2.05, 4.69) is 10.5 Å². The lowest BCUT2D eigenvalue weighted by Crippen LogP contribution is -2.23. The fraction of sp³-hybridized carbons (Fsp3) is 0.158. The Labute approximate surface area is 180 Å². The highest BCUT2D eigenvalue weighted by molar-refractivity contribution is 6.36. The van der Waals surface area contributed by atoms with Crippen molar-refractivity contribution in [3.63, 3.8) is 0 Å². The SMILES string of the molecule is COc1ccc(CNC(=O)c2c([N+](=O)[O-])noc2-c2ccc(Cl)cc2Cl)cc1OC. The highest BCUT2D eigenvalue weighted by atomic mass is 35.5. The van der Waals surface area contributed by atoms with E-state index in [1.54, 1.807) is 18.2 Å². The molecule has 9 nitrogen and oxygen atoms in total. The number of benzene rings is 2. The Morgan fingerprint density at radius 3 is 2.53 bits per heavy atom. The number of rotatable bonds is 7. The minimum Gasteiger partial charge on any atom is -0.493 e. The molecule has 0 bridgehead atoms. The molecule has 1 amide bonds. The van der Waals surface area contributed by atoms with Crippen molar-refractivity contribution in [3.8, 4) is 22.8 Å². The number of methoxy groups -OCH3 is 2. The number of carbonyl (C=O) groups is 1. The minimum atomic E-state index is -0.803. The van der Waals surface area contributed by atoms with E-state index in [-0.39, 0.29) is 28.5 Å². The second kappa shape index (κ2) is 9.02. The van der Waals surface area contributed by atoms with E-state index in [1.807, 2.05) is 0 Å². The highest BCUT2D eigenvalue weighted by Crippen LogP contribution is 2.36. The van der Waals surface area contributed by atoms with Crippen molar-refractivity contribution < 1.29 is 23.7 Å². The van der Waals surface area contributed by atoms with Crippen LogP contribution in [0.5, 0.6) is 11.5 Å². The van der Waals surface area contributed by atoms with Crippen molar-refractivity contribution >= 4 is 34.9 Å². The van der Waals surface area contributed by atoms with Gasteiger partial charge >= 0.3 is 5.82 Å². The monoisotopic (exact) mass is 451 g/mol. The van der Waals surface area contributed by atoms with Gasteiger partial charge < -0.3 is 24.9 Å². The molecule has 0 aliphatic rings. The van der Waals surface area contributed by atoms with Gasteiger partial charge in [-0.1, -0.05) is 29.3 Å². The predicted octanol–water partition coefficient (Wildman–Crippen LogP) is 4.50. The van der Waals surface area contributed by atoms with Gasteiger partial charge in [0.05, 0.1) is 19.2 Å². The smallest absolute Gasteiger partial charge is 0.427 e. The van der Waals surface area contributed by atoms with Crippen LogP contribution in [0.3, 0.4) is 0 Å². The van der Waals surface area contributed by atoms with E-state index in [1.165, 1.54) is 32.4 Å². The van der Waals surface area contributed by atoms with Gasteiger partial charge in [-0.15, -0.1) is 0 Å². The molecule has 0 aliphatic heterocycles. The first-order chi connectivity index (χ1) is 14.3. The summed E-state index contributed by atoms with van der Waals surface area (Å²) in [5, 5.41) is 17.9. The molecule has 0 spiro atoms. The van der Waals surface area contributed by atoms with E-state index in [0.29, 0.717) is 22.1 Å². The third-order valence-electron chi connectivity index (χ3n) is 4.15. The molecule has 2 aromatic carbocycles. The van der Waals surface area contributed by atoms with E-state index in [9.17, 15) is 14.9 Å². The molecule has 0 aliphatic carbocycles. The van der Waals surface area contributed by atoms with Crippen molar-refractivity contribution in [2.24, 2.45) is 0 Å². The number of halogens is 2. The van der Waals surface area contributed by atoms with E-state index in [4.69, 9.17) is 37.2 Å². The van der Waals surface area contributed by atoms with Gasteiger partial charge in [-0.25, -0.2) is 0 Å². The molecule has 0 radical (unpaired) electrons.